The molecule has 0 spiro atoms. The van der Waals surface area contributed by atoms with Crippen LogP contribution in [-0.2, 0) is 9.53 Å². The Morgan fingerprint density at radius 3 is 2.22 bits per heavy atom. The molecule has 0 bridgehead atoms. The molecule has 0 aromatic heterocycles. The van der Waals surface area contributed by atoms with Gasteiger partial charge in [0.25, 0.3) is 5.91 Å². The van der Waals surface area contributed by atoms with Gasteiger partial charge in [-0.05, 0) is 24.6 Å². The lowest BCUT2D eigenvalue weighted by atomic mass is 10.0. The van der Waals surface area contributed by atoms with Crippen LogP contribution in [0, 0.1) is 6.92 Å². The third-order valence-corrected chi connectivity index (χ3v) is 3.51. The van der Waals surface area contributed by atoms with Gasteiger partial charge >= 0.3 is 5.97 Å². The number of methoxy groups -OCH3 is 1. The van der Waals surface area contributed by atoms with Gasteiger partial charge in [-0.25, -0.2) is 4.79 Å². The second-order valence-electron chi connectivity index (χ2n) is 5.20. The van der Waals surface area contributed by atoms with E-state index in [-0.39, 0.29) is 0 Å². The van der Waals surface area contributed by atoms with Crippen molar-refractivity contribution < 1.29 is 19.4 Å². The van der Waals surface area contributed by atoms with Crippen LogP contribution in [0.2, 0.25) is 0 Å². The molecular formula is C18H19NO4. The number of aliphatic hydroxyl groups excluding tert-OH is 1. The van der Waals surface area contributed by atoms with Gasteiger partial charge in [0, 0.05) is 5.56 Å². The maximum absolute atomic E-state index is 12.2. The van der Waals surface area contributed by atoms with Crippen molar-refractivity contribution >= 4 is 11.9 Å². The largest absolute Gasteiger partial charge is 0.467 e. The number of hydrogen-bond donors (Lipinski definition) is 2. The first-order chi connectivity index (χ1) is 11.0. The smallest absolute Gasteiger partial charge is 0.331 e. The molecule has 23 heavy (non-hydrogen) atoms. The van der Waals surface area contributed by atoms with Crippen LogP contribution in [0.1, 0.15) is 27.6 Å². The quantitative estimate of drug-likeness (QED) is 0.828. The van der Waals surface area contributed by atoms with E-state index in [1.165, 1.54) is 7.11 Å². The molecule has 2 rings (SSSR count). The Morgan fingerprint density at radius 2 is 1.65 bits per heavy atom. The van der Waals surface area contributed by atoms with Crippen LogP contribution in [0.5, 0.6) is 0 Å². The molecule has 2 N–H and O–H groups in total. The van der Waals surface area contributed by atoms with Crippen LogP contribution < -0.4 is 5.32 Å². The van der Waals surface area contributed by atoms with Gasteiger partial charge in [-0.3, -0.25) is 4.79 Å². The number of benzene rings is 2. The van der Waals surface area contributed by atoms with Gasteiger partial charge in [0.05, 0.1) is 7.11 Å². The van der Waals surface area contributed by atoms with Crippen molar-refractivity contribution in [2.45, 2.75) is 19.1 Å². The zero-order valence-electron chi connectivity index (χ0n) is 13.0. The van der Waals surface area contributed by atoms with Gasteiger partial charge in [-0.2, -0.15) is 0 Å². The first kappa shape index (κ1) is 16.7. The van der Waals surface area contributed by atoms with Crippen LogP contribution in [0.3, 0.4) is 0 Å². The Bertz CT molecular complexity index is 667. The predicted molar refractivity (Wildman–Crippen MR) is 85.9 cm³/mol. The van der Waals surface area contributed by atoms with E-state index < -0.39 is 24.0 Å². The second-order valence-corrected chi connectivity index (χ2v) is 5.20. The summed E-state index contributed by atoms with van der Waals surface area (Å²) in [6, 6.07) is 14.4. The van der Waals surface area contributed by atoms with Crippen molar-refractivity contribution in [3.63, 3.8) is 0 Å². The fourth-order valence-electron chi connectivity index (χ4n) is 2.16. The lowest BCUT2D eigenvalue weighted by molar-refractivity contribution is -0.146. The molecule has 2 aromatic carbocycles. The Morgan fingerprint density at radius 1 is 1.04 bits per heavy atom. The van der Waals surface area contributed by atoms with Crippen molar-refractivity contribution in [2.75, 3.05) is 7.11 Å². The zero-order valence-corrected chi connectivity index (χ0v) is 13.0. The highest BCUT2D eigenvalue weighted by Gasteiger charge is 2.30. The van der Waals surface area contributed by atoms with Gasteiger partial charge in [-0.15, -0.1) is 0 Å². The van der Waals surface area contributed by atoms with Crippen molar-refractivity contribution in [1.82, 2.24) is 5.32 Å². The normalized spacial score (nSPS) is 13.0. The molecular weight excluding hydrogens is 294 g/mol. The highest BCUT2D eigenvalue weighted by molar-refractivity contribution is 5.96. The summed E-state index contributed by atoms with van der Waals surface area (Å²) in [5, 5.41) is 13.0. The molecule has 1 amide bonds. The third kappa shape index (κ3) is 4.17. The van der Waals surface area contributed by atoms with Crippen LogP contribution in [0.4, 0.5) is 0 Å². The lowest BCUT2D eigenvalue weighted by Crippen LogP contribution is -2.45. The van der Waals surface area contributed by atoms with Crippen LogP contribution in [0.25, 0.3) is 0 Å². The molecule has 5 nitrogen and oxygen atoms in total. The Labute approximate surface area is 134 Å². The molecule has 0 heterocycles. The second kappa shape index (κ2) is 7.56. The summed E-state index contributed by atoms with van der Waals surface area (Å²) in [7, 11) is 1.21. The minimum absolute atomic E-state index is 0.400. The van der Waals surface area contributed by atoms with Gasteiger partial charge in [0.15, 0.2) is 6.04 Å². The highest BCUT2D eigenvalue weighted by Crippen LogP contribution is 2.19. The van der Waals surface area contributed by atoms with Crippen molar-refractivity contribution in [2.24, 2.45) is 0 Å². The minimum atomic E-state index is -1.20. The Balaban J connectivity index is 2.21. The SMILES string of the molecule is COC(=O)[C@H](NC(=O)c1ccccc1)[C@@H](O)c1ccc(C)cc1. The maximum Gasteiger partial charge on any atom is 0.331 e. The summed E-state index contributed by atoms with van der Waals surface area (Å²) < 4.78 is 4.70. The monoisotopic (exact) mass is 313 g/mol. The first-order valence-corrected chi connectivity index (χ1v) is 7.21. The molecule has 0 unspecified atom stereocenters. The van der Waals surface area contributed by atoms with Crippen LogP contribution in [-0.4, -0.2) is 30.1 Å². The molecule has 0 saturated heterocycles. The molecule has 120 valence electrons. The van der Waals surface area contributed by atoms with Crippen molar-refractivity contribution in [3.8, 4) is 0 Å². The van der Waals surface area contributed by atoms with Crippen LogP contribution >= 0.6 is 0 Å². The van der Waals surface area contributed by atoms with E-state index in [1.807, 2.05) is 19.1 Å². The number of esters is 1. The van der Waals surface area contributed by atoms with Crippen molar-refractivity contribution in [1.29, 1.82) is 0 Å². The average Bonchev–Trinajstić information content (AvgIpc) is 2.59. The molecule has 0 fully saturated rings. The number of aliphatic hydroxyl groups is 1. The summed E-state index contributed by atoms with van der Waals surface area (Å²) >= 11 is 0. The van der Waals surface area contributed by atoms with Gasteiger partial charge in [-0.1, -0.05) is 48.0 Å². The molecule has 0 aliphatic rings. The van der Waals surface area contributed by atoms with E-state index in [1.54, 1.807) is 42.5 Å². The van der Waals surface area contributed by atoms with E-state index in [4.69, 9.17) is 4.74 Å². The van der Waals surface area contributed by atoms with Crippen molar-refractivity contribution in [3.05, 3.63) is 71.3 Å². The topological polar surface area (TPSA) is 75.6 Å². The van der Waals surface area contributed by atoms with E-state index in [0.29, 0.717) is 11.1 Å². The molecule has 0 radical (unpaired) electrons. The molecule has 2 aromatic rings. The molecule has 0 saturated carbocycles. The lowest BCUT2D eigenvalue weighted by Gasteiger charge is -2.22. The van der Waals surface area contributed by atoms with Gasteiger partial charge < -0.3 is 15.2 Å². The van der Waals surface area contributed by atoms with Gasteiger partial charge in [0.1, 0.15) is 6.10 Å². The Kier molecular flexibility index (Phi) is 5.49. The first-order valence-electron chi connectivity index (χ1n) is 7.21. The summed E-state index contributed by atoms with van der Waals surface area (Å²) in [6.45, 7) is 1.92. The van der Waals surface area contributed by atoms with E-state index in [9.17, 15) is 14.7 Å². The number of carbonyl (C=O) groups is 2. The predicted octanol–water partition coefficient (Wildman–Crippen LogP) is 2.00. The number of nitrogens with one attached hydrogen (secondary N) is 1. The standard InChI is InChI=1S/C18H19NO4/c1-12-8-10-13(11-9-12)16(20)15(18(22)23-2)19-17(21)14-6-4-3-5-7-14/h3-11,15-16,20H,1-2H3,(H,19,21)/t15-,16+/m1/s1. The fraction of sp³-hybridized carbons (Fsp3) is 0.222. The molecule has 2 atom stereocenters. The maximum atomic E-state index is 12.2. The van der Waals surface area contributed by atoms with E-state index in [2.05, 4.69) is 5.32 Å². The number of aryl methyl sites for hydroxylation is 1. The molecule has 0 aliphatic heterocycles. The summed E-state index contributed by atoms with van der Waals surface area (Å²) in [5.74, 6) is -1.16. The van der Waals surface area contributed by atoms with E-state index >= 15 is 0 Å². The summed E-state index contributed by atoms with van der Waals surface area (Å²) in [4.78, 5) is 24.2. The highest BCUT2D eigenvalue weighted by atomic mass is 16.5. The summed E-state index contributed by atoms with van der Waals surface area (Å²) in [6.07, 6.45) is -1.20. The number of hydrogen-bond acceptors (Lipinski definition) is 4. The minimum Gasteiger partial charge on any atom is -0.467 e. The van der Waals surface area contributed by atoms with Crippen LogP contribution in [0.15, 0.2) is 54.6 Å². The molecule has 0 aliphatic carbocycles. The molecule has 5 heteroatoms. The summed E-state index contributed by atoms with van der Waals surface area (Å²) in [5.41, 5.74) is 1.96. The Hall–Kier alpha value is -2.66. The number of ether oxygens (including phenoxy) is 1. The van der Waals surface area contributed by atoms with E-state index in [0.717, 1.165) is 5.56 Å². The number of rotatable bonds is 5. The number of carbonyl (C=O) groups excluding carboxylic acids is 2. The number of amides is 1. The van der Waals surface area contributed by atoms with Gasteiger partial charge in [0.2, 0.25) is 0 Å². The average molecular weight is 313 g/mol. The third-order valence-electron chi connectivity index (χ3n) is 3.51. The fourth-order valence-corrected chi connectivity index (χ4v) is 2.16. The zero-order chi connectivity index (χ0) is 16.8.